The summed E-state index contributed by atoms with van der Waals surface area (Å²) >= 11 is 13.6. The van der Waals surface area contributed by atoms with Gasteiger partial charge in [0.15, 0.2) is 10.6 Å². The Bertz CT molecular complexity index is 1440. The molecule has 3 heterocycles. The summed E-state index contributed by atoms with van der Waals surface area (Å²) in [5.74, 6) is -1.16. The van der Waals surface area contributed by atoms with E-state index in [-0.39, 0.29) is 27.3 Å². The number of aryl methyl sites for hydroxylation is 2. The smallest absolute Gasteiger partial charge is 0.297 e. The molecule has 0 bridgehead atoms. The molecular weight excluding hydrogens is 462 g/mol. The number of thiazole rings is 1. The number of amides is 1. The van der Waals surface area contributed by atoms with Crippen molar-refractivity contribution in [2.75, 3.05) is 4.90 Å². The first kappa shape index (κ1) is 20.2. The minimum absolute atomic E-state index is 0.0601. The zero-order valence-electron chi connectivity index (χ0n) is 16.2. The predicted octanol–water partition coefficient (Wildman–Crippen LogP) is 6.06. The van der Waals surface area contributed by atoms with Crippen LogP contribution in [0.2, 0.25) is 10.0 Å². The number of carbonyl (C=O) groups is 1. The molecule has 1 aliphatic rings. The van der Waals surface area contributed by atoms with Gasteiger partial charge in [-0.3, -0.25) is 14.5 Å². The minimum atomic E-state index is -0.842. The fourth-order valence-corrected chi connectivity index (χ4v) is 4.94. The number of fused-ring (bicyclic) bond motifs is 2. The van der Waals surface area contributed by atoms with Gasteiger partial charge in [-0.25, -0.2) is 9.37 Å². The number of nitrogens with zero attached hydrogens (tertiary/aromatic N) is 2. The molecule has 0 aliphatic carbocycles. The van der Waals surface area contributed by atoms with Gasteiger partial charge in [-0.2, -0.15) is 0 Å². The van der Waals surface area contributed by atoms with Gasteiger partial charge in [-0.05, 0) is 49.7 Å². The normalized spacial score (nSPS) is 15.7. The highest BCUT2D eigenvalue weighted by molar-refractivity contribution is 7.15. The van der Waals surface area contributed by atoms with E-state index in [1.54, 1.807) is 18.2 Å². The maximum absolute atomic E-state index is 13.9. The highest BCUT2D eigenvalue weighted by atomic mass is 35.5. The van der Waals surface area contributed by atoms with Crippen LogP contribution in [0, 0.1) is 19.7 Å². The molecule has 0 spiro atoms. The molecule has 1 amide bonds. The Hall–Kier alpha value is -2.74. The van der Waals surface area contributed by atoms with Crippen LogP contribution in [0.3, 0.4) is 0 Å². The van der Waals surface area contributed by atoms with Gasteiger partial charge in [0.05, 0.1) is 32.7 Å². The third kappa shape index (κ3) is 3.07. The lowest BCUT2D eigenvalue weighted by Crippen LogP contribution is -2.29. The Balaban J connectivity index is 1.84. The van der Waals surface area contributed by atoms with Crippen molar-refractivity contribution in [1.29, 1.82) is 0 Å². The van der Waals surface area contributed by atoms with Gasteiger partial charge in [-0.1, -0.05) is 29.3 Å². The number of halogens is 3. The average molecular weight is 475 g/mol. The second-order valence-corrected chi connectivity index (χ2v) is 9.20. The summed E-state index contributed by atoms with van der Waals surface area (Å²) in [7, 11) is 0. The van der Waals surface area contributed by atoms with Gasteiger partial charge in [0.1, 0.15) is 11.4 Å². The second kappa shape index (κ2) is 7.15. The van der Waals surface area contributed by atoms with Gasteiger partial charge >= 0.3 is 0 Å². The number of anilines is 1. The van der Waals surface area contributed by atoms with Crippen molar-refractivity contribution in [2.24, 2.45) is 0 Å². The third-order valence-electron chi connectivity index (χ3n) is 5.31. The van der Waals surface area contributed by atoms with Gasteiger partial charge in [0, 0.05) is 4.88 Å². The van der Waals surface area contributed by atoms with Crippen LogP contribution in [0.25, 0.3) is 11.0 Å². The Morgan fingerprint density at radius 2 is 1.87 bits per heavy atom. The highest BCUT2D eigenvalue weighted by Gasteiger charge is 2.45. The summed E-state index contributed by atoms with van der Waals surface area (Å²) in [4.78, 5) is 33.7. The van der Waals surface area contributed by atoms with Gasteiger partial charge in [0.2, 0.25) is 5.76 Å². The Kier molecular flexibility index (Phi) is 4.66. The van der Waals surface area contributed by atoms with Crippen LogP contribution in [-0.2, 0) is 0 Å². The van der Waals surface area contributed by atoms with Crippen molar-refractivity contribution in [3.8, 4) is 0 Å². The van der Waals surface area contributed by atoms with E-state index in [0.717, 1.165) is 16.6 Å². The lowest BCUT2D eigenvalue weighted by molar-refractivity contribution is 0.0971. The highest BCUT2D eigenvalue weighted by Crippen LogP contribution is 2.43. The van der Waals surface area contributed by atoms with E-state index in [4.69, 9.17) is 27.6 Å². The van der Waals surface area contributed by atoms with Crippen molar-refractivity contribution < 1.29 is 13.6 Å². The number of benzene rings is 2. The molecule has 5 nitrogen and oxygen atoms in total. The van der Waals surface area contributed by atoms with E-state index in [1.807, 2.05) is 13.8 Å². The zero-order valence-corrected chi connectivity index (χ0v) is 18.5. The Morgan fingerprint density at radius 3 is 2.55 bits per heavy atom. The topological polar surface area (TPSA) is 63.4 Å². The van der Waals surface area contributed by atoms with Crippen LogP contribution < -0.4 is 10.3 Å². The van der Waals surface area contributed by atoms with Crippen LogP contribution in [0.1, 0.15) is 38.3 Å². The second-order valence-electron chi connectivity index (χ2n) is 7.20. The standard InChI is InChI=1S/C22H13Cl2FN2O3S/c1-9-10(2)31-22(26-9)27-18(11-3-5-14(23)15(24)7-11)17-19(28)13-8-12(25)4-6-16(13)30-20(17)21(27)29/h3-8,18H,1-2H3. The van der Waals surface area contributed by atoms with Crippen molar-refractivity contribution in [1.82, 2.24) is 4.98 Å². The number of hydrogen-bond donors (Lipinski definition) is 0. The van der Waals surface area contributed by atoms with Crippen molar-refractivity contribution in [3.05, 3.63) is 89.9 Å². The molecule has 1 unspecified atom stereocenters. The van der Waals surface area contributed by atoms with Crippen LogP contribution in [0.4, 0.5) is 9.52 Å². The molecule has 0 fully saturated rings. The summed E-state index contributed by atoms with van der Waals surface area (Å²) in [6, 6.07) is 7.68. The summed E-state index contributed by atoms with van der Waals surface area (Å²) in [6.07, 6.45) is 0. The quantitative estimate of drug-likeness (QED) is 0.354. The summed E-state index contributed by atoms with van der Waals surface area (Å²) in [6.45, 7) is 3.75. The molecule has 156 valence electrons. The van der Waals surface area contributed by atoms with Crippen molar-refractivity contribution in [2.45, 2.75) is 19.9 Å². The molecule has 31 heavy (non-hydrogen) atoms. The number of hydrogen-bond acceptors (Lipinski definition) is 5. The zero-order chi connectivity index (χ0) is 22.0. The molecule has 4 aromatic rings. The largest absolute Gasteiger partial charge is 0.450 e. The molecule has 2 aromatic heterocycles. The molecule has 0 saturated carbocycles. The number of rotatable bonds is 2. The summed E-state index contributed by atoms with van der Waals surface area (Å²) in [5, 5.41) is 1.11. The van der Waals surface area contributed by atoms with Crippen LogP contribution in [0.15, 0.2) is 45.6 Å². The molecule has 0 radical (unpaired) electrons. The average Bonchev–Trinajstić information content (AvgIpc) is 3.21. The molecule has 0 saturated heterocycles. The van der Waals surface area contributed by atoms with Crippen LogP contribution in [-0.4, -0.2) is 10.9 Å². The van der Waals surface area contributed by atoms with E-state index < -0.39 is 23.2 Å². The van der Waals surface area contributed by atoms with E-state index in [0.29, 0.717) is 15.7 Å². The van der Waals surface area contributed by atoms with E-state index in [9.17, 15) is 14.0 Å². The fourth-order valence-electron chi connectivity index (χ4n) is 3.70. The van der Waals surface area contributed by atoms with Crippen molar-refractivity contribution >= 4 is 56.5 Å². The molecule has 1 atom stereocenters. The molecule has 9 heteroatoms. The molecule has 2 aromatic carbocycles. The maximum atomic E-state index is 13.9. The number of aromatic nitrogens is 1. The molecule has 1 aliphatic heterocycles. The fraction of sp³-hybridized carbons (Fsp3) is 0.136. The van der Waals surface area contributed by atoms with E-state index in [1.165, 1.54) is 28.4 Å². The molecule has 0 N–H and O–H groups in total. The monoisotopic (exact) mass is 474 g/mol. The molecular formula is C22H13Cl2FN2O3S. The SMILES string of the molecule is Cc1nc(N2C(=O)c3oc4ccc(F)cc4c(=O)c3C2c2ccc(Cl)c(Cl)c2)sc1C. The van der Waals surface area contributed by atoms with Gasteiger partial charge in [-0.15, -0.1) is 11.3 Å². The summed E-state index contributed by atoms with van der Waals surface area (Å²) in [5.41, 5.74) is 1.12. The Morgan fingerprint density at radius 1 is 1.10 bits per heavy atom. The lowest BCUT2D eigenvalue weighted by atomic mass is 9.99. The maximum Gasteiger partial charge on any atom is 0.297 e. The van der Waals surface area contributed by atoms with E-state index in [2.05, 4.69) is 4.98 Å². The first-order chi connectivity index (χ1) is 14.8. The van der Waals surface area contributed by atoms with Gasteiger partial charge < -0.3 is 4.42 Å². The minimum Gasteiger partial charge on any atom is -0.450 e. The van der Waals surface area contributed by atoms with Crippen LogP contribution >= 0.6 is 34.5 Å². The predicted molar refractivity (Wildman–Crippen MR) is 119 cm³/mol. The number of carbonyl (C=O) groups excluding carboxylic acids is 1. The van der Waals surface area contributed by atoms with Gasteiger partial charge in [0.25, 0.3) is 5.91 Å². The van der Waals surface area contributed by atoms with Crippen molar-refractivity contribution in [3.63, 3.8) is 0 Å². The summed E-state index contributed by atoms with van der Waals surface area (Å²) < 4.78 is 19.7. The first-order valence-electron chi connectivity index (χ1n) is 9.25. The lowest BCUT2D eigenvalue weighted by Gasteiger charge is -2.22. The van der Waals surface area contributed by atoms with Crippen LogP contribution in [0.5, 0.6) is 0 Å². The molecule has 5 rings (SSSR count). The third-order valence-corrected chi connectivity index (χ3v) is 7.13. The first-order valence-corrected chi connectivity index (χ1v) is 10.8. The Labute approximate surface area is 189 Å². The van der Waals surface area contributed by atoms with E-state index >= 15 is 0 Å².